The van der Waals surface area contributed by atoms with Crippen molar-refractivity contribution in [2.45, 2.75) is 19.4 Å². The number of phenolic OH excluding ortho intramolecular Hbond substituents is 1. The summed E-state index contributed by atoms with van der Waals surface area (Å²) >= 11 is 3.47. The van der Waals surface area contributed by atoms with Gasteiger partial charge in [-0.05, 0) is 30.5 Å². The van der Waals surface area contributed by atoms with Crippen molar-refractivity contribution in [3.05, 3.63) is 23.8 Å². The average molecular weight is 328 g/mol. The molecule has 2 unspecified atom stereocenters. The third-order valence-corrected chi connectivity index (χ3v) is 4.39. The summed E-state index contributed by atoms with van der Waals surface area (Å²) in [5, 5.41) is 10.5. The third-order valence-electron chi connectivity index (χ3n) is 3.73. The van der Waals surface area contributed by atoms with E-state index in [2.05, 4.69) is 22.9 Å². The summed E-state index contributed by atoms with van der Waals surface area (Å²) in [5.74, 6) is 0.835. The summed E-state index contributed by atoms with van der Waals surface area (Å²) in [5.41, 5.74) is 0.498. The van der Waals surface area contributed by atoms with Crippen LogP contribution in [-0.2, 0) is 0 Å². The van der Waals surface area contributed by atoms with Gasteiger partial charge in [-0.1, -0.05) is 22.9 Å². The Labute approximate surface area is 121 Å². The minimum atomic E-state index is -0.0354. The van der Waals surface area contributed by atoms with E-state index in [4.69, 9.17) is 4.74 Å². The van der Waals surface area contributed by atoms with Crippen molar-refractivity contribution in [1.29, 1.82) is 0 Å². The normalized spacial score (nSPS) is 22.6. The first-order valence-corrected chi connectivity index (χ1v) is 7.44. The number of hydrogen-bond donors (Lipinski definition) is 1. The number of carbonyl (C=O) groups excluding carboxylic acids is 1. The maximum Gasteiger partial charge on any atom is 0.254 e. The van der Waals surface area contributed by atoms with Crippen molar-refractivity contribution in [3.63, 3.8) is 0 Å². The number of carbonyl (C=O) groups is 1. The molecule has 0 saturated carbocycles. The largest absolute Gasteiger partial charge is 0.504 e. The molecule has 1 aromatic carbocycles. The smallest absolute Gasteiger partial charge is 0.254 e. The van der Waals surface area contributed by atoms with Gasteiger partial charge in [0.1, 0.15) is 0 Å². The highest BCUT2D eigenvalue weighted by atomic mass is 79.9. The molecule has 2 rings (SSSR count). The van der Waals surface area contributed by atoms with Gasteiger partial charge in [-0.2, -0.15) is 0 Å². The highest BCUT2D eigenvalue weighted by Gasteiger charge is 2.34. The molecule has 0 aliphatic carbocycles. The molecule has 5 heteroatoms. The van der Waals surface area contributed by atoms with Crippen LogP contribution in [0.3, 0.4) is 0 Å². The second-order valence-electron chi connectivity index (χ2n) is 4.87. The first-order chi connectivity index (χ1) is 9.08. The predicted octanol–water partition coefficient (Wildman–Crippen LogP) is 2.65. The highest BCUT2D eigenvalue weighted by molar-refractivity contribution is 9.09. The number of rotatable bonds is 3. The van der Waals surface area contributed by atoms with Crippen LogP contribution in [0.1, 0.15) is 23.7 Å². The second kappa shape index (κ2) is 5.82. The van der Waals surface area contributed by atoms with Crippen molar-refractivity contribution in [2.75, 3.05) is 19.0 Å². The Morgan fingerprint density at radius 1 is 1.58 bits per heavy atom. The van der Waals surface area contributed by atoms with E-state index in [1.165, 1.54) is 13.2 Å². The van der Waals surface area contributed by atoms with Gasteiger partial charge in [-0.15, -0.1) is 0 Å². The molecule has 0 spiro atoms. The van der Waals surface area contributed by atoms with Crippen molar-refractivity contribution in [1.82, 2.24) is 4.90 Å². The number of aromatic hydroxyl groups is 1. The van der Waals surface area contributed by atoms with Gasteiger partial charge in [0.15, 0.2) is 11.5 Å². The van der Waals surface area contributed by atoms with E-state index in [0.29, 0.717) is 17.2 Å². The van der Waals surface area contributed by atoms with Gasteiger partial charge in [0.05, 0.1) is 7.11 Å². The molecule has 1 aliphatic heterocycles. The van der Waals surface area contributed by atoms with Gasteiger partial charge in [-0.3, -0.25) is 4.79 Å². The van der Waals surface area contributed by atoms with Crippen LogP contribution in [0, 0.1) is 5.92 Å². The summed E-state index contributed by atoms with van der Waals surface area (Å²) in [6.07, 6.45) is 1.02. The Kier molecular flexibility index (Phi) is 4.34. The Morgan fingerprint density at radius 3 is 2.89 bits per heavy atom. The number of benzene rings is 1. The molecule has 1 amide bonds. The maximum atomic E-state index is 12.5. The van der Waals surface area contributed by atoms with E-state index in [-0.39, 0.29) is 17.7 Å². The standard InChI is InChI=1S/C14H18BrNO3/c1-9-5-6-16(11(9)8-15)14(18)10-3-4-13(19-2)12(17)7-10/h3-4,7,9,11,17H,5-6,8H2,1-2H3. The molecular weight excluding hydrogens is 310 g/mol. The first-order valence-electron chi connectivity index (χ1n) is 6.32. The Morgan fingerprint density at radius 2 is 2.32 bits per heavy atom. The quantitative estimate of drug-likeness (QED) is 0.868. The van der Waals surface area contributed by atoms with Gasteiger partial charge in [0, 0.05) is 23.5 Å². The maximum absolute atomic E-state index is 12.5. The number of ether oxygens (including phenoxy) is 1. The fourth-order valence-corrected chi connectivity index (χ4v) is 3.47. The first kappa shape index (κ1) is 14.2. The fraction of sp³-hybridized carbons (Fsp3) is 0.500. The number of halogens is 1. The van der Waals surface area contributed by atoms with E-state index < -0.39 is 0 Å². The summed E-state index contributed by atoms with van der Waals surface area (Å²) in [6.45, 7) is 2.92. The fourth-order valence-electron chi connectivity index (χ4n) is 2.48. The molecule has 0 bridgehead atoms. The molecule has 0 radical (unpaired) electrons. The topological polar surface area (TPSA) is 49.8 Å². The van der Waals surface area contributed by atoms with Crippen molar-refractivity contribution in [2.24, 2.45) is 5.92 Å². The molecule has 1 saturated heterocycles. The number of hydrogen-bond acceptors (Lipinski definition) is 3. The summed E-state index contributed by atoms with van der Waals surface area (Å²) in [7, 11) is 1.49. The average Bonchev–Trinajstić information content (AvgIpc) is 2.78. The van der Waals surface area contributed by atoms with Gasteiger partial charge in [-0.25, -0.2) is 0 Å². The lowest BCUT2D eigenvalue weighted by molar-refractivity contribution is 0.0738. The van der Waals surface area contributed by atoms with Gasteiger partial charge in [0.25, 0.3) is 5.91 Å². The molecule has 1 aliphatic rings. The van der Waals surface area contributed by atoms with Crippen molar-refractivity contribution in [3.8, 4) is 11.5 Å². The highest BCUT2D eigenvalue weighted by Crippen LogP contribution is 2.30. The molecule has 1 aromatic rings. The lowest BCUT2D eigenvalue weighted by atomic mass is 10.0. The van der Waals surface area contributed by atoms with Gasteiger partial charge >= 0.3 is 0 Å². The molecule has 19 heavy (non-hydrogen) atoms. The van der Waals surface area contributed by atoms with Crippen molar-refractivity contribution < 1.29 is 14.6 Å². The Bertz CT molecular complexity index is 478. The molecule has 4 nitrogen and oxygen atoms in total. The van der Waals surface area contributed by atoms with E-state index in [9.17, 15) is 9.90 Å². The van der Waals surface area contributed by atoms with Crippen LogP contribution in [-0.4, -0.2) is 40.9 Å². The molecule has 0 aromatic heterocycles. The zero-order chi connectivity index (χ0) is 14.0. The Balaban J connectivity index is 2.22. The minimum Gasteiger partial charge on any atom is -0.504 e. The van der Waals surface area contributed by atoms with Crippen LogP contribution in [0.15, 0.2) is 18.2 Å². The molecule has 1 heterocycles. The lowest BCUT2D eigenvalue weighted by Crippen LogP contribution is -2.38. The van der Waals surface area contributed by atoms with Crippen molar-refractivity contribution >= 4 is 21.8 Å². The van der Waals surface area contributed by atoms with Crippen LogP contribution in [0.2, 0.25) is 0 Å². The monoisotopic (exact) mass is 327 g/mol. The zero-order valence-corrected chi connectivity index (χ0v) is 12.7. The van der Waals surface area contributed by atoms with E-state index in [1.807, 2.05) is 4.90 Å². The van der Waals surface area contributed by atoms with Crippen LogP contribution in [0.25, 0.3) is 0 Å². The number of amides is 1. The number of nitrogens with zero attached hydrogens (tertiary/aromatic N) is 1. The molecule has 1 N–H and O–H groups in total. The lowest BCUT2D eigenvalue weighted by Gasteiger charge is -2.25. The van der Waals surface area contributed by atoms with Crippen LogP contribution in [0.4, 0.5) is 0 Å². The third kappa shape index (κ3) is 2.71. The second-order valence-corrected chi connectivity index (χ2v) is 5.52. The van der Waals surface area contributed by atoms with E-state index in [0.717, 1.165) is 18.3 Å². The number of alkyl halides is 1. The summed E-state index contributed by atoms with van der Waals surface area (Å²) in [4.78, 5) is 14.3. The summed E-state index contributed by atoms with van der Waals surface area (Å²) in [6, 6.07) is 4.99. The minimum absolute atomic E-state index is 0.00372. The molecular formula is C14H18BrNO3. The predicted molar refractivity (Wildman–Crippen MR) is 77.1 cm³/mol. The molecule has 1 fully saturated rings. The number of phenols is 1. The van der Waals surface area contributed by atoms with Gasteiger partial charge in [0.2, 0.25) is 0 Å². The molecule has 2 atom stereocenters. The SMILES string of the molecule is COc1ccc(C(=O)N2CCC(C)C2CBr)cc1O. The van der Waals surface area contributed by atoms with E-state index >= 15 is 0 Å². The molecule has 104 valence electrons. The Hall–Kier alpha value is -1.23. The van der Waals surface area contributed by atoms with E-state index in [1.54, 1.807) is 12.1 Å². The number of likely N-dealkylation sites (tertiary alicyclic amines) is 1. The number of methoxy groups -OCH3 is 1. The van der Waals surface area contributed by atoms with Gasteiger partial charge < -0.3 is 14.7 Å². The summed E-state index contributed by atoms with van der Waals surface area (Å²) < 4.78 is 4.98. The van der Waals surface area contributed by atoms with Crippen LogP contribution >= 0.6 is 15.9 Å². The van der Waals surface area contributed by atoms with Crippen LogP contribution < -0.4 is 4.74 Å². The zero-order valence-electron chi connectivity index (χ0n) is 11.1. The van der Waals surface area contributed by atoms with Crippen LogP contribution in [0.5, 0.6) is 11.5 Å².